The van der Waals surface area contributed by atoms with E-state index in [4.69, 9.17) is 0 Å². The molecular weight excluding hydrogens is 222 g/mol. The molecule has 0 atom stereocenters. The van der Waals surface area contributed by atoms with Gasteiger partial charge in [0.1, 0.15) is 0 Å². The molecule has 92 valence electrons. The molecule has 18 heavy (non-hydrogen) atoms. The fourth-order valence-electron chi connectivity index (χ4n) is 1.82. The Morgan fingerprint density at radius 1 is 1.00 bits per heavy atom. The second-order valence-corrected chi connectivity index (χ2v) is 3.82. The first-order valence-electron chi connectivity index (χ1n) is 6.19. The lowest BCUT2D eigenvalue weighted by atomic mass is 10.1. The number of fused-ring (bicyclic) bond motifs is 1. The molecule has 3 aromatic heterocycles. The average molecular weight is 239 g/mol. The number of rotatable bonds is 1. The molecule has 0 saturated carbocycles. The van der Waals surface area contributed by atoms with E-state index in [1.807, 2.05) is 49.1 Å². The molecule has 0 radical (unpaired) electrons. The Balaban J connectivity index is 0.000000574. The van der Waals surface area contributed by atoms with E-state index in [2.05, 4.69) is 29.1 Å². The van der Waals surface area contributed by atoms with Gasteiger partial charge in [0.25, 0.3) is 0 Å². The van der Waals surface area contributed by atoms with Gasteiger partial charge >= 0.3 is 0 Å². The summed E-state index contributed by atoms with van der Waals surface area (Å²) < 4.78 is 1.90. The number of hydrogen-bond acceptors (Lipinski definition) is 2. The number of pyridine rings is 2. The third-order valence-corrected chi connectivity index (χ3v) is 2.70. The number of aryl methyl sites for hydroxylation is 1. The van der Waals surface area contributed by atoms with E-state index in [9.17, 15) is 0 Å². The molecule has 3 heteroatoms. The van der Waals surface area contributed by atoms with Crippen LogP contribution < -0.4 is 0 Å². The third kappa shape index (κ3) is 2.25. The van der Waals surface area contributed by atoms with Gasteiger partial charge in [-0.3, -0.25) is 4.98 Å². The minimum atomic E-state index is 1.11. The average Bonchev–Trinajstić information content (AvgIpc) is 2.83. The summed E-state index contributed by atoms with van der Waals surface area (Å²) in [7, 11) is 0. The van der Waals surface area contributed by atoms with Crippen LogP contribution in [0.1, 0.15) is 19.4 Å². The SMILES string of the molecule is CC.Cc1cnn2cc(-c3cccnc3)ccc12. The quantitative estimate of drug-likeness (QED) is 0.647. The van der Waals surface area contributed by atoms with Gasteiger partial charge in [0.05, 0.1) is 11.7 Å². The molecule has 0 aliphatic rings. The van der Waals surface area contributed by atoms with Crippen molar-refractivity contribution in [1.82, 2.24) is 14.6 Å². The van der Waals surface area contributed by atoms with Gasteiger partial charge in [0.2, 0.25) is 0 Å². The van der Waals surface area contributed by atoms with E-state index in [1.54, 1.807) is 6.20 Å². The van der Waals surface area contributed by atoms with E-state index >= 15 is 0 Å². The summed E-state index contributed by atoms with van der Waals surface area (Å²) in [6.07, 6.45) is 7.54. The molecule has 0 unspecified atom stereocenters. The molecule has 3 nitrogen and oxygen atoms in total. The lowest BCUT2D eigenvalue weighted by Gasteiger charge is -2.01. The Hall–Kier alpha value is -2.16. The molecule has 0 fully saturated rings. The van der Waals surface area contributed by atoms with Crippen molar-refractivity contribution in [2.24, 2.45) is 0 Å². The number of aromatic nitrogens is 3. The number of nitrogens with zero attached hydrogens (tertiary/aromatic N) is 3. The molecule has 0 bridgehead atoms. The molecule has 0 saturated heterocycles. The molecule has 3 aromatic rings. The van der Waals surface area contributed by atoms with Crippen molar-refractivity contribution in [1.29, 1.82) is 0 Å². The maximum absolute atomic E-state index is 4.30. The Morgan fingerprint density at radius 2 is 1.83 bits per heavy atom. The molecular formula is C15H17N3. The first kappa shape index (κ1) is 12.3. The Bertz CT molecular complexity index is 627. The van der Waals surface area contributed by atoms with Crippen molar-refractivity contribution in [3.05, 3.63) is 54.6 Å². The normalized spacial score (nSPS) is 9.94. The van der Waals surface area contributed by atoms with Crippen molar-refractivity contribution < 1.29 is 0 Å². The first-order chi connectivity index (χ1) is 8.84. The predicted molar refractivity (Wildman–Crippen MR) is 74.5 cm³/mol. The lowest BCUT2D eigenvalue weighted by Crippen LogP contribution is -1.88. The standard InChI is InChI=1S/C13H11N3.C2H6/c1-10-7-15-16-9-12(4-5-13(10)16)11-3-2-6-14-8-11;1-2/h2-9H,1H3;1-2H3. The smallest absolute Gasteiger partial charge is 0.0691 e. The van der Waals surface area contributed by atoms with Gasteiger partial charge in [-0.1, -0.05) is 26.0 Å². The van der Waals surface area contributed by atoms with Gasteiger partial charge in [-0.25, -0.2) is 4.52 Å². The molecule has 0 aliphatic heterocycles. The lowest BCUT2D eigenvalue weighted by molar-refractivity contribution is 0.962. The minimum Gasteiger partial charge on any atom is -0.264 e. The van der Waals surface area contributed by atoms with E-state index < -0.39 is 0 Å². The van der Waals surface area contributed by atoms with Crippen molar-refractivity contribution >= 4 is 5.52 Å². The van der Waals surface area contributed by atoms with Gasteiger partial charge in [-0.2, -0.15) is 5.10 Å². The van der Waals surface area contributed by atoms with Gasteiger partial charge in [0.15, 0.2) is 0 Å². The summed E-state index contributed by atoms with van der Waals surface area (Å²) in [5, 5.41) is 4.30. The van der Waals surface area contributed by atoms with Gasteiger partial charge < -0.3 is 0 Å². The summed E-state index contributed by atoms with van der Waals surface area (Å²) in [5.41, 5.74) is 4.58. The predicted octanol–water partition coefficient (Wildman–Crippen LogP) is 3.73. The van der Waals surface area contributed by atoms with Crippen LogP contribution in [0.5, 0.6) is 0 Å². The summed E-state index contributed by atoms with van der Waals surface area (Å²) in [5.74, 6) is 0. The molecule has 3 rings (SSSR count). The molecule has 0 amide bonds. The van der Waals surface area contributed by atoms with Gasteiger partial charge in [0, 0.05) is 29.7 Å². The van der Waals surface area contributed by atoms with Crippen LogP contribution in [-0.4, -0.2) is 14.6 Å². The van der Waals surface area contributed by atoms with Crippen molar-refractivity contribution in [3.8, 4) is 11.1 Å². The number of hydrogen-bond donors (Lipinski definition) is 0. The summed E-state index contributed by atoms with van der Waals surface area (Å²) >= 11 is 0. The van der Waals surface area contributed by atoms with Crippen LogP contribution in [0.15, 0.2) is 49.1 Å². The third-order valence-electron chi connectivity index (χ3n) is 2.70. The van der Waals surface area contributed by atoms with Crippen LogP contribution in [-0.2, 0) is 0 Å². The van der Waals surface area contributed by atoms with Gasteiger partial charge in [-0.05, 0) is 24.6 Å². The van der Waals surface area contributed by atoms with E-state index in [0.717, 1.165) is 16.6 Å². The maximum Gasteiger partial charge on any atom is 0.0691 e. The maximum atomic E-state index is 4.30. The zero-order valence-electron chi connectivity index (χ0n) is 11.0. The fraction of sp³-hybridized carbons (Fsp3) is 0.200. The van der Waals surface area contributed by atoms with E-state index in [1.165, 1.54) is 5.56 Å². The second kappa shape index (κ2) is 5.45. The minimum absolute atomic E-state index is 1.11. The molecule has 0 aromatic carbocycles. The molecule has 3 heterocycles. The highest BCUT2D eigenvalue weighted by molar-refractivity contribution is 5.65. The monoisotopic (exact) mass is 239 g/mol. The van der Waals surface area contributed by atoms with Crippen molar-refractivity contribution in [2.75, 3.05) is 0 Å². The van der Waals surface area contributed by atoms with E-state index in [0.29, 0.717) is 0 Å². The fourth-order valence-corrected chi connectivity index (χ4v) is 1.82. The highest BCUT2D eigenvalue weighted by Gasteiger charge is 2.02. The van der Waals surface area contributed by atoms with Crippen molar-refractivity contribution in [3.63, 3.8) is 0 Å². The highest BCUT2D eigenvalue weighted by Crippen LogP contribution is 2.19. The Morgan fingerprint density at radius 3 is 2.56 bits per heavy atom. The Kier molecular flexibility index (Phi) is 3.72. The van der Waals surface area contributed by atoms with Crippen molar-refractivity contribution in [2.45, 2.75) is 20.8 Å². The highest BCUT2D eigenvalue weighted by atomic mass is 15.2. The zero-order valence-corrected chi connectivity index (χ0v) is 11.0. The van der Waals surface area contributed by atoms with Crippen LogP contribution in [0, 0.1) is 6.92 Å². The molecule has 0 aliphatic carbocycles. The second-order valence-electron chi connectivity index (χ2n) is 3.82. The van der Waals surface area contributed by atoms with Crippen LogP contribution in [0.2, 0.25) is 0 Å². The topological polar surface area (TPSA) is 30.2 Å². The molecule has 0 spiro atoms. The summed E-state index contributed by atoms with van der Waals surface area (Å²) in [6.45, 7) is 6.06. The Labute approximate surface area is 107 Å². The summed E-state index contributed by atoms with van der Waals surface area (Å²) in [6, 6.07) is 8.17. The van der Waals surface area contributed by atoms with Crippen LogP contribution in [0.3, 0.4) is 0 Å². The summed E-state index contributed by atoms with van der Waals surface area (Å²) in [4.78, 5) is 4.12. The van der Waals surface area contributed by atoms with Gasteiger partial charge in [-0.15, -0.1) is 0 Å². The van der Waals surface area contributed by atoms with Crippen LogP contribution in [0.4, 0.5) is 0 Å². The molecule has 0 N–H and O–H groups in total. The zero-order chi connectivity index (χ0) is 13.0. The van der Waals surface area contributed by atoms with Crippen LogP contribution >= 0.6 is 0 Å². The largest absolute Gasteiger partial charge is 0.264 e. The van der Waals surface area contributed by atoms with E-state index in [-0.39, 0.29) is 0 Å². The first-order valence-corrected chi connectivity index (χ1v) is 6.19. The van der Waals surface area contributed by atoms with Crippen LogP contribution in [0.25, 0.3) is 16.6 Å².